The molecule has 3 aromatic rings. The molecular formula is C20H20N4OS. The molecule has 0 atom stereocenters. The van der Waals surface area contributed by atoms with Gasteiger partial charge in [-0.15, -0.1) is 11.3 Å². The molecule has 0 saturated carbocycles. The maximum Gasteiger partial charge on any atom is 0.125 e. The van der Waals surface area contributed by atoms with Crippen molar-refractivity contribution in [1.82, 2.24) is 19.9 Å². The van der Waals surface area contributed by atoms with Crippen molar-refractivity contribution >= 4 is 16.9 Å². The van der Waals surface area contributed by atoms with E-state index >= 15 is 0 Å². The smallest absolute Gasteiger partial charge is 0.125 e. The topological polar surface area (TPSA) is 71.8 Å². The first-order valence-electron chi connectivity index (χ1n) is 8.80. The van der Waals surface area contributed by atoms with Crippen molar-refractivity contribution in [2.45, 2.75) is 32.6 Å². The number of fused-ring (bicyclic) bond motifs is 1. The van der Waals surface area contributed by atoms with Crippen LogP contribution < -0.4 is 0 Å². The lowest BCUT2D eigenvalue weighted by Crippen LogP contribution is -2.08. The lowest BCUT2D eigenvalue weighted by molar-refractivity contribution is 0.302. The molecule has 0 saturated heterocycles. The molecule has 5 nitrogen and oxygen atoms in total. The Bertz CT molecular complexity index is 950. The van der Waals surface area contributed by atoms with Crippen LogP contribution in [0, 0.1) is 6.92 Å². The third-order valence-electron chi connectivity index (χ3n) is 4.47. The van der Waals surface area contributed by atoms with Gasteiger partial charge in [0.1, 0.15) is 10.7 Å². The van der Waals surface area contributed by atoms with E-state index in [1.807, 2.05) is 31.5 Å². The van der Waals surface area contributed by atoms with Crippen LogP contribution in [0.25, 0.3) is 26.7 Å². The largest absolute Gasteiger partial charge is 0.396 e. The fourth-order valence-electron chi connectivity index (χ4n) is 3.21. The molecule has 0 amide bonds. The van der Waals surface area contributed by atoms with Gasteiger partial charge in [-0.2, -0.15) is 0 Å². The summed E-state index contributed by atoms with van der Waals surface area (Å²) < 4.78 is 0. The van der Waals surface area contributed by atoms with Gasteiger partial charge in [-0.1, -0.05) is 6.08 Å². The van der Waals surface area contributed by atoms with E-state index in [4.69, 9.17) is 15.1 Å². The minimum Gasteiger partial charge on any atom is -0.396 e. The van der Waals surface area contributed by atoms with E-state index < -0.39 is 0 Å². The molecule has 3 heterocycles. The highest BCUT2D eigenvalue weighted by atomic mass is 32.1. The number of thiazole rings is 1. The average Bonchev–Trinajstić information content (AvgIpc) is 3.08. The molecule has 3 aromatic heterocycles. The van der Waals surface area contributed by atoms with Crippen LogP contribution in [0.5, 0.6) is 0 Å². The number of hydrogen-bond acceptors (Lipinski definition) is 6. The molecule has 0 unspecified atom stereocenters. The van der Waals surface area contributed by atoms with Crippen LogP contribution >= 0.6 is 11.3 Å². The lowest BCUT2D eigenvalue weighted by Gasteiger charge is -2.17. The van der Waals surface area contributed by atoms with Crippen LogP contribution in [0.15, 0.2) is 36.8 Å². The van der Waals surface area contributed by atoms with Crippen molar-refractivity contribution in [1.29, 1.82) is 0 Å². The summed E-state index contributed by atoms with van der Waals surface area (Å²) in [6, 6.07) is 3.94. The molecule has 1 aliphatic carbocycles. The van der Waals surface area contributed by atoms with E-state index in [9.17, 15) is 0 Å². The van der Waals surface area contributed by atoms with Crippen molar-refractivity contribution in [2.24, 2.45) is 0 Å². The van der Waals surface area contributed by atoms with Gasteiger partial charge in [-0.05, 0) is 50.3 Å². The third-order valence-corrected chi connectivity index (χ3v) is 5.70. The first-order valence-corrected chi connectivity index (χ1v) is 9.62. The number of aliphatic hydroxyl groups excluding tert-OH is 1. The Morgan fingerprint density at radius 1 is 1.23 bits per heavy atom. The van der Waals surface area contributed by atoms with Gasteiger partial charge in [0.05, 0.1) is 28.2 Å². The zero-order chi connectivity index (χ0) is 17.9. The molecule has 0 spiro atoms. The minimum absolute atomic E-state index is 0.161. The summed E-state index contributed by atoms with van der Waals surface area (Å²) in [5.41, 5.74) is 6.08. The first kappa shape index (κ1) is 17.0. The second-order valence-corrected chi connectivity index (χ2v) is 7.32. The van der Waals surface area contributed by atoms with Crippen LogP contribution in [-0.2, 0) is 6.42 Å². The summed E-state index contributed by atoms with van der Waals surface area (Å²) in [7, 11) is 0. The van der Waals surface area contributed by atoms with Gasteiger partial charge in [0.25, 0.3) is 0 Å². The molecular weight excluding hydrogens is 344 g/mol. The molecule has 132 valence electrons. The molecule has 26 heavy (non-hydrogen) atoms. The summed E-state index contributed by atoms with van der Waals surface area (Å²) in [4.78, 5) is 19.5. The van der Waals surface area contributed by atoms with Gasteiger partial charge < -0.3 is 5.11 Å². The Kier molecular flexibility index (Phi) is 4.86. The highest BCUT2D eigenvalue weighted by Gasteiger charge is 2.20. The SMILES string of the molecule is Cc1nc(-c2cccnc2)sc1-c1cnc2c(n1)/C(=C/CCO)CCC2. The minimum atomic E-state index is 0.161. The highest BCUT2D eigenvalue weighted by Crippen LogP contribution is 2.36. The summed E-state index contributed by atoms with van der Waals surface area (Å²) >= 11 is 1.62. The average molecular weight is 364 g/mol. The Morgan fingerprint density at radius 3 is 2.96 bits per heavy atom. The number of nitrogens with zero attached hydrogens (tertiary/aromatic N) is 4. The van der Waals surface area contributed by atoms with Crippen molar-refractivity contribution in [2.75, 3.05) is 6.61 Å². The summed E-state index contributed by atoms with van der Waals surface area (Å²) in [6.45, 7) is 2.17. The van der Waals surface area contributed by atoms with E-state index in [-0.39, 0.29) is 6.61 Å². The van der Waals surface area contributed by atoms with Crippen molar-refractivity contribution in [3.8, 4) is 21.1 Å². The molecule has 0 radical (unpaired) electrons. The van der Waals surface area contributed by atoms with Gasteiger partial charge in [0, 0.05) is 24.6 Å². The fourth-order valence-corrected chi connectivity index (χ4v) is 4.22. The van der Waals surface area contributed by atoms with Crippen LogP contribution in [-0.4, -0.2) is 31.6 Å². The molecule has 0 aliphatic heterocycles. The molecule has 0 aromatic carbocycles. The normalized spacial score (nSPS) is 15.2. The number of pyridine rings is 1. The van der Waals surface area contributed by atoms with Crippen molar-refractivity contribution in [3.63, 3.8) is 0 Å². The van der Waals surface area contributed by atoms with Gasteiger partial charge in [0.15, 0.2) is 0 Å². The van der Waals surface area contributed by atoms with Gasteiger partial charge in [-0.25, -0.2) is 9.97 Å². The second kappa shape index (κ2) is 7.43. The van der Waals surface area contributed by atoms with Crippen molar-refractivity contribution in [3.05, 3.63) is 53.9 Å². The predicted molar refractivity (Wildman–Crippen MR) is 104 cm³/mol. The molecule has 4 rings (SSSR count). The summed E-state index contributed by atoms with van der Waals surface area (Å²) in [6.07, 6.45) is 11.2. The van der Waals surface area contributed by atoms with Crippen LogP contribution in [0.1, 0.15) is 36.3 Å². The molecule has 1 N–H and O–H groups in total. The maximum absolute atomic E-state index is 9.13. The number of aryl methyl sites for hydroxylation is 2. The van der Waals surface area contributed by atoms with Crippen LogP contribution in [0.3, 0.4) is 0 Å². The summed E-state index contributed by atoms with van der Waals surface area (Å²) in [5.74, 6) is 0. The number of hydrogen-bond donors (Lipinski definition) is 1. The van der Waals surface area contributed by atoms with E-state index in [1.165, 1.54) is 5.57 Å². The fraction of sp³-hybridized carbons (Fsp3) is 0.300. The monoisotopic (exact) mass is 364 g/mol. The Balaban J connectivity index is 1.74. The molecule has 0 fully saturated rings. The third kappa shape index (κ3) is 3.30. The van der Waals surface area contributed by atoms with Crippen LogP contribution in [0.2, 0.25) is 0 Å². The first-order chi connectivity index (χ1) is 12.8. The zero-order valence-electron chi connectivity index (χ0n) is 14.6. The number of aliphatic hydroxyl groups is 1. The standard InChI is InChI=1S/C20H20N4OS/c1-13-19(26-20(23-13)15-6-3-9-21-11-15)17-12-22-16-8-2-5-14(7-4-10-25)18(16)24-17/h3,6-7,9,11-12,25H,2,4-5,8,10H2,1H3/b14-7+. The molecule has 6 heteroatoms. The van der Waals surface area contributed by atoms with Crippen LogP contribution in [0.4, 0.5) is 0 Å². The maximum atomic E-state index is 9.13. The van der Waals surface area contributed by atoms with Gasteiger partial charge >= 0.3 is 0 Å². The van der Waals surface area contributed by atoms with E-state index in [1.54, 1.807) is 17.5 Å². The predicted octanol–water partition coefficient (Wildman–Crippen LogP) is 4.07. The van der Waals surface area contributed by atoms with E-state index in [0.717, 1.165) is 57.5 Å². The van der Waals surface area contributed by atoms with Gasteiger partial charge in [-0.3, -0.25) is 9.97 Å². The zero-order valence-corrected chi connectivity index (χ0v) is 15.5. The lowest BCUT2D eigenvalue weighted by atomic mass is 9.94. The Morgan fingerprint density at radius 2 is 2.15 bits per heavy atom. The number of aromatic nitrogens is 4. The molecule has 1 aliphatic rings. The van der Waals surface area contributed by atoms with E-state index in [2.05, 4.69) is 16.0 Å². The highest BCUT2D eigenvalue weighted by molar-refractivity contribution is 7.18. The number of rotatable bonds is 4. The van der Waals surface area contributed by atoms with Crippen molar-refractivity contribution < 1.29 is 5.11 Å². The number of allylic oxidation sites excluding steroid dienone is 1. The second-order valence-electron chi connectivity index (χ2n) is 6.32. The Labute approximate surface area is 156 Å². The Hall–Kier alpha value is -2.44. The molecule has 0 bridgehead atoms. The summed E-state index contributed by atoms with van der Waals surface area (Å²) in [5, 5.41) is 10.1. The van der Waals surface area contributed by atoms with E-state index in [0.29, 0.717) is 6.42 Å². The van der Waals surface area contributed by atoms with Gasteiger partial charge in [0.2, 0.25) is 0 Å². The quantitative estimate of drug-likeness (QED) is 0.755.